The van der Waals surface area contributed by atoms with Crippen LogP contribution in [0, 0.1) is 11.3 Å². The number of amides is 2. The van der Waals surface area contributed by atoms with Crippen molar-refractivity contribution in [2.45, 2.75) is 6.42 Å². The van der Waals surface area contributed by atoms with E-state index in [1.165, 1.54) is 7.05 Å². The molecular weight excluding hydrogens is 206 g/mol. The van der Waals surface area contributed by atoms with Gasteiger partial charge in [-0.3, -0.25) is 9.59 Å². The molecule has 5 nitrogen and oxygen atoms in total. The van der Waals surface area contributed by atoms with Crippen molar-refractivity contribution in [1.29, 1.82) is 5.26 Å². The van der Waals surface area contributed by atoms with Gasteiger partial charge in [0.2, 0.25) is 5.91 Å². The number of hydrogen-bond acceptors (Lipinski definition) is 3. The normalized spacial score (nSPS) is 9.00. The van der Waals surface area contributed by atoms with E-state index in [-0.39, 0.29) is 12.3 Å². The molecule has 0 radical (unpaired) electrons. The zero-order valence-electron chi connectivity index (χ0n) is 8.78. The van der Waals surface area contributed by atoms with Gasteiger partial charge in [-0.2, -0.15) is 5.26 Å². The number of carbonyl (C=O) groups is 2. The van der Waals surface area contributed by atoms with Crippen LogP contribution in [0.2, 0.25) is 0 Å². The van der Waals surface area contributed by atoms with Crippen molar-refractivity contribution in [1.82, 2.24) is 5.32 Å². The van der Waals surface area contributed by atoms with Crippen LogP contribution >= 0.6 is 0 Å². The number of nitrogens with zero attached hydrogens (tertiary/aromatic N) is 1. The van der Waals surface area contributed by atoms with Gasteiger partial charge in [-0.15, -0.1) is 0 Å². The summed E-state index contributed by atoms with van der Waals surface area (Å²) in [4.78, 5) is 22.4. The topological polar surface area (TPSA) is 82.0 Å². The van der Waals surface area contributed by atoms with Crippen LogP contribution in [-0.2, 0) is 4.79 Å². The maximum atomic E-state index is 11.3. The summed E-state index contributed by atoms with van der Waals surface area (Å²) in [5, 5.41) is 13.3. The Kier molecular flexibility index (Phi) is 4.04. The van der Waals surface area contributed by atoms with Gasteiger partial charge in [0.25, 0.3) is 5.91 Å². The Balaban J connectivity index is 2.79. The summed E-state index contributed by atoms with van der Waals surface area (Å²) < 4.78 is 0. The Morgan fingerprint density at radius 3 is 2.81 bits per heavy atom. The van der Waals surface area contributed by atoms with E-state index in [4.69, 9.17) is 5.26 Å². The molecule has 0 aliphatic rings. The minimum Gasteiger partial charge on any atom is -0.355 e. The van der Waals surface area contributed by atoms with Crippen molar-refractivity contribution < 1.29 is 9.59 Å². The molecule has 1 aromatic carbocycles. The molecule has 16 heavy (non-hydrogen) atoms. The summed E-state index contributed by atoms with van der Waals surface area (Å²) in [5.41, 5.74) is 0.957. The molecule has 0 atom stereocenters. The number of rotatable bonds is 3. The standard InChI is InChI=1S/C11H11N3O2/c1-13-11(16)8-3-2-4-9(7-8)14-10(15)5-6-12/h2-4,7H,5H2,1H3,(H,13,16)(H,14,15). The van der Waals surface area contributed by atoms with Crippen molar-refractivity contribution in [2.75, 3.05) is 12.4 Å². The molecule has 0 heterocycles. The van der Waals surface area contributed by atoms with E-state index >= 15 is 0 Å². The molecule has 0 saturated heterocycles. The number of nitriles is 1. The van der Waals surface area contributed by atoms with Crippen molar-refractivity contribution in [2.24, 2.45) is 0 Å². The molecule has 5 heteroatoms. The summed E-state index contributed by atoms with van der Waals surface area (Å²) in [5.74, 6) is -0.618. The Bertz CT molecular complexity index is 449. The average molecular weight is 217 g/mol. The summed E-state index contributed by atoms with van der Waals surface area (Å²) in [7, 11) is 1.53. The second kappa shape index (κ2) is 5.51. The molecule has 0 fully saturated rings. The van der Waals surface area contributed by atoms with Gasteiger partial charge in [0, 0.05) is 18.3 Å². The van der Waals surface area contributed by atoms with Crippen LogP contribution in [-0.4, -0.2) is 18.9 Å². The van der Waals surface area contributed by atoms with Crippen molar-refractivity contribution in [3.05, 3.63) is 29.8 Å². The smallest absolute Gasteiger partial charge is 0.251 e. The Hall–Kier alpha value is -2.35. The molecule has 0 unspecified atom stereocenters. The molecule has 82 valence electrons. The summed E-state index contributed by atoms with van der Waals surface area (Å²) >= 11 is 0. The molecule has 1 rings (SSSR count). The first-order chi connectivity index (χ1) is 7.67. The van der Waals surface area contributed by atoms with E-state index in [0.717, 1.165) is 0 Å². The second-order valence-corrected chi connectivity index (χ2v) is 3.04. The van der Waals surface area contributed by atoms with Gasteiger partial charge in [-0.1, -0.05) is 6.07 Å². The highest BCUT2D eigenvalue weighted by atomic mass is 16.2. The number of nitrogens with one attached hydrogen (secondary N) is 2. The molecule has 0 aromatic heterocycles. The third-order valence-electron chi connectivity index (χ3n) is 1.88. The van der Waals surface area contributed by atoms with Crippen molar-refractivity contribution in [3.63, 3.8) is 0 Å². The quantitative estimate of drug-likeness (QED) is 0.789. The maximum Gasteiger partial charge on any atom is 0.251 e. The maximum absolute atomic E-state index is 11.3. The van der Waals surface area contributed by atoms with Gasteiger partial charge in [0.1, 0.15) is 6.42 Å². The number of benzene rings is 1. The number of carbonyl (C=O) groups excluding carboxylic acids is 2. The van der Waals surface area contributed by atoms with Crippen molar-refractivity contribution in [3.8, 4) is 6.07 Å². The molecule has 0 aliphatic carbocycles. The van der Waals surface area contributed by atoms with Crippen LogP contribution in [0.15, 0.2) is 24.3 Å². The fourth-order valence-electron chi connectivity index (χ4n) is 1.16. The molecule has 0 aliphatic heterocycles. The van der Waals surface area contributed by atoms with Gasteiger partial charge >= 0.3 is 0 Å². The molecule has 0 spiro atoms. The fourth-order valence-corrected chi connectivity index (χ4v) is 1.16. The molecule has 0 saturated carbocycles. The van der Waals surface area contributed by atoms with Gasteiger partial charge in [0.05, 0.1) is 6.07 Å². The predicted octanol–water partition coefficient (Wildman–Crippen LogP) is 0.898. The minimum absolute atomic E-state index is 0.204. The second-order valence-electron chi connectivity index (χ2n) is 3.04. The van der Waals surface area contributed by atoms with Gasteiger partial charge in [-0.05, 0) is 18.2 Å². The highest BCUT2D eigenvalue weighted by Crippen LogP contribution is 2.10. The van der Waals surface area contributed by atoms with Gasteiger partial charge < -0.3 is 10.6 Å². The van der Waals surface area contributed by atoms with Crippen LogP contribution in [0.3, 0.4) is 0 Å². The predicted molar refractivity (Wildman–Crippen MR) is 58.7 cm³/mol. The molecule has 1 aromatic rings. The van der Waals surface area contributed by atoms with E-state index in [1.807, 2.05) is 0 Å². The first-order valence-electron chi connectivity index (χ1n) is 4.66. The van der Waals surface area contributed by atoms with Crippen LogP contribution in [0.25, 0.3) is 0 Å². The zero-order valence-corrected chi connectivity index (χ0v) is 8.78. The number of anilines is 1. The Morgan fingerprint density at radius 1 is 1.44 bits per heavy atom. The van der Waals surface area contributed by atoms with E-state index in [2.05, 4.69) is 10.6 Å². The van der Waals surface area contributed by atoms with Crippen LogP contribution in [0.4, 0.5) is 5.69 Å². The first kappa shape index (κ1) is 11.7. The summed E-state index contributed by atoms with van der Waals surface area (Å²) in [6.45, 7) is 0. The molecule has 2 N–H and O–H groups in total. The van der Waals surface area contributed by atoms with E-state index < -0.39 is 5.91 Å². The SMILES string of the molecule is CNC(=O)c1cccc(NC(=O)CC#N)c1. The van der Waals surface area contributed by atoms with Crippen LogP contribution < -0.4 is 10.6 Å². The third-order valence-corrected chi connectivity index (χ3v) is 1.88. The van der Waals surface area contributed by atoms with Gasteiger partial charge in [-0.25, -0.2) is 0 Å². The highest BCUT2D eigenvalue weighted by Gasteiger charge is 2.05. The molecular formula is C11H11N3O2. The van der Waals surface area contributed by atoms with Crippen LogP contribution in [0.5, 0.6) is 0 Å². The monoisotopic (exact) mass is 217 g/mol. The van der Waals surface area contributed by atoms with E-state index in [0.29, 0.717) is 11.3 Å². The average Bonchev–Trinajstić information content (AvgIpc) is 2.28. The lowest BCUT2D eigenvalue weighted by molar-refractivity contribution is -0.115. The Morgan fingerprint density at radius 2 is 2.19 bits per heavy atom. The Labute approximate surface area is 93.1 Å². The molecule has 0 bridgehead atoms. The summed E-state index contributed by atoms with van der Waals surface area (Å²) in [6.07, 6.45) is -0.204. The third kappa shape index (κ3) is 3.10. The summed E-state index contributed by atoms with van der Waals surface area (Å²) in [6, 6.07) is 8.25. The van der Waals surface area contributed by atoms with Crippen molar-refractivity contribution >= 4 is 17.5 Å². The lowest BCUT2D eigenvalue weighted by atomic mass is 10.2. The van der Waals surface area contributed by atoms with Crippen LogP contribution in [0.1, 0.15) is 16.8 Å². The first-order valence-corrected chi connectivity index (χ1v) is 4.66. The lowest BCUT2D eigenvalue weighted by Gasteiger charge is -2.04. The number of hydrogen-bond donors (Lipinski definition) is 2. The lowest BCUT2D eigenvalue weighted by Crippen LogP contribution is -2.18. The fraction of sp³-hybridized carbons (Fsp3) is 0.182. The van der Waals surface area contributed by atoms with E-state index in [1.54, 1.807) is 30.3 Å². The zero-order chi connectivity index (χ0) is 12.0. The minimum atomic E-state index is -0.392. The van der Waals surface area contributed by atoms with Gasteiger partial charge in [0.15, 0.2) is 0 Å². The van der Waals surface area contributed by atoms with E-state index in [9.17, 15) is 9.59 Å². The largest absolute Gasteiger partial charge is 0.355 e. The highest BCUT2D eigenvalue weighted by molar-refractivity contribution is 5.97. The molecule has 2 amide bonds.